The summed E-state index contributed by atoms with van der Waals surface area (Å²) in [6.45, 7) is 0. The molecule has 0 spiro atoms. The lowest BCUT2D eigenvalue weighted by atomic mass is 10.3. The molecule has 0 fully saturated rings. The average Bonchev–Trinajstić information content (AvgIpc) is 2.58. The third kappa shape index (κ3) is 4.39. The summed E-state index contributed by atoms with van der Waals surface area (Å²) in [6, 6.07) is 9.10. The maximum atomic E-state index is 12.3. The molecule has 0 radical (unpaired) electrons. The Morgan fingerprint density at radius 3 is 2.52 bits per heavy atom. The van der Waals surface area contributed by atoms with Crippen LogP contribution in [0.1, 0.15) is 0 Å². The fourth-order valence-corrected chi connectivity index (χ4v) is 3.34. The number of nitrogens with zero attached hydrogens (tertiary/aromatic N) is 2. The van der Waals surface area contributed by atoms with Crippen molar-refractivity contribution in [2.75, 3.05) is 4.72 Å². The van der Waals surface area contributed by atoms with Gasteiger partial charge < -0.3 is 4.74 Å². The van der Waals surface area contributed by atoms with Crippen LogP contribution in [0, 0.1) is 0 Å². The largest absolute Gasteiger partial charge is 0.454 e. The van der Waals surface area contributed by atoms with E-state index in [9.17, 15) is 8.42 Å². The second-order valence-electron chi connectivity index (χ2n) is 4.88. The molecule has 0 aliphatic heterocycles. The van der Waals surface area contributed by atoms with Crippen molar-refractivity contribution in [3.63, 3.8) is 0 Å². The molecule has 1 N–H and O–H groups in total. The molecule has 2 heterocycles. The highest BCUT2D eigenvalue weighted by molar-refractivity contribution is 7.92. The van der Waals surface area contributed by atoms with Crippen LogP contribution in [-0.4, -0.2) is 18.4 Å². The van der Waals surface area contributed by atoms with Crippen molar-refractivity contribution in [3.05, 3.63) is 71.2 Å². The number of aromatic nitrogens is 2. The Morgan fingerprint density at radius 1 is 1.00 bits per heavy atom. The van der Waals surface area contributed by atoms with Crippen LogP contribution in [0.3, 0.4) is 0 Å². The summed E-state index contributed by atoms with van der Waals surface area (Å²) < 4.78 is 32.6. The number of benzene rings is 1. The number of rotatable bonds is 5. The van der Waals surface area contributed by atoms with Gasteiger partial charge in [0, 0.05) is 24.7 Å². The summed E-state index contributed by atoms with van der Waals surface area (Å²) in [5, 5.41) is 0.654. The lowest BCUT2D eigenvalue weighted by Crippen LogP contribution is -2.13. The topological polar surface area (TPSA) is 81.2 Å². The van der Waals surface area contributed by atoms with Crippen LogP contribution in [0.15, 0.2) is 66.1 Å². The summed E-state index contributed by atoms with van der Waals surface area (Å²) >= 11 is 12.0. The number of sulfonamides is 1. The summed E-state index contributed by atoms with van der Waals surface area (Å²) in [4.78, 5) is 7.76. The minimum atomic E-state index is -3.75. The molecule has 128 valence electrons. The first-order chi connectivity index (χ1) is 11.9. The van der Waals surface area contributed by atoms with E-state index in [0.717, 1.165) is 0 Å². The summed E-state index contributed by atoms with van der Waals surface area (Å²) in [7, 11) is -3.75. The molecule has 0 bridgehead atoms. The average molecular weight is 396 g/mol. The highest BCUT2D eigenvalue weighted by atomic mass is 35.5. The van der Waals surface area contributed by atoms with Crippen LogP contribution in [0.25, 0.3) is 0 Å². The van der Waals surface area contributed by atoms with E-state index in [0.29, 0.717) is 22.2 Å². The van der Waals surface area contributed by atoms with Gasteiger partial charge in [0.05, 0.1) is 21.9 Å². The molecule has 1 aromatic carbocycles. The predicted molar refractivity (Wildman–Crippen MR) is 95.8 cm³/mol. The zero-order valence-corrected chi connectivity index (χ0v) is 14.9. The van der Waals surface area contributed by atoms with Gasteiger partial charge in [-0.1, -0.05) is 23.2 Å². The maximum Gasteiger partial charge on any atom is 0.263 e. The first-order valence-corrected chi connectivity index (χ1v) is 9.19. The van der Waals surface area contributed by atoms with Crippen LogP contribution >= 0.6 is 23.2 Å². The van der Waals surface area contributed by atoms with E-state index in [4.69, 9.17) is 27.9 Å². The molecule has 25 heavy (non-hydrogen) atoms. The standard InChI is InChI=1S/C16H11Cl2N3O3S/c17-11-6-13(9-20-8-11)24-16-4-3-12(7-15(16)18)21-25(22,23)14-2-1-5-19-10-14/h1-10,21H. The highest BCUT2D eigenvalue weighted by Crippen LogP contribution is 2.32. The van der Waals surface area contributed by atoms with Crippen molar-refractivity contribution in [1.82, 2.24) is 9.97 Å². The number of pyridine rings is 2. The Morgan fingerprint density at radius 2 is 1.84 bits per heavy atom. The molecular formula is C16H11Cl2N3O3S. The highest BCUT2D eigenvalue weighted by Gasteiger charge is 2.15. The van der Waals surface area contributed by atoms with E-state index in [2.05, 4.69) is 14.7 Å². The molecule has 0 unspecified atom stereocenters. The summed E-state index contributed by atoms with van der Waals surface area (Å²) in [5.74, 6) is 0.758. The van der Waals surface area contributed by atoms with E-state index in [1.807, 2.05) is 0 Å². The SMILES string of the molecule is O=S(=O)(Nc1ccc(Oc2cncc(Cl)c2)c(Cl)c1)c1cccnc1. The second kappa shape index (κ2) is 7.26. The van der Waals surface area contributed by atoms with E-state index >= 15 is 0 Å². The van der Waals surface area contributed by atoms with Crippen molar-refractivity contribution in [2.45, 2.75) is 4.90 Å². The van der Waals surface area contributed by atoms with Gasteiger partial charge in [0.25, 0.3) is 10.0 Å². The van der Waals surface area contributed by atoms with Gasteiger partial charge in [0.15, 0.2) is 0 Å². The van der Waals surface area contributed by atoms with Crippen LogP contribution in [0.5, 0.6) is 11.5 Å². The van der Waals surface area contributed by atoms with E-state index < -0.39 is 10.0 Å². The fraction of sp³-hybridized carbons (Fsp3) is 0. The van der Waals surface area contributed by atoms with E-state index in [1.165, 1.54) is 49.1 Å². The molecular weight excluding hydrogens is 385 g/mol. The predicted octanol–water partition coefficient (Wildman–Crippen LogP) is 4.38. The molecule has 0 saturated carbocycles. The molecule has 0 saturated heterocycles. The number of ether oxygens (including phenoxy) is 1. The zero-order chi connectivity index (χ0) is 17.9. The quantitative estimate of drug-likeness (QED) is 0.693. The molecule has 9 heteroatoms. The van der Waals surface area contributed by atoms with Gasteiger partial charge >= 0.3 is 0 Å². The lowest BCUT2D eigenvalue weighted by molar-refractivity contribution is 0.480. The third-order valence-electron chi connectivity index (χ3n) is 3.04. The van der Waals surface area contributed by atoms with Gasteiger partial charge in [-0.2, -0.15) is 0 Å². The fourth-order valence-electron chi connectivity index (χ4n) is 1.94. The van der Waals surface area contributed by atoms with Crippen molar-refractivity contribution < 1.29 is 13.2 Å². The number of anilines is 1. The van der Waals surface area contributed by atoms with Gasteiger partial charge in [-0.25, -0.2) is 8.42 Å². The van der Waals surface area contributed by atoms with Crippen molar-refractivity contribution in [2.24, 2.45) is 0 Å². The first-order valence-electron chi connectivity index (χ1n) is 6.95. The zero-order valence-electron chi connectivity index (χ0n) is 12.6. The van der Waals surface area contributed by atoms with Crippen molar-refractivity contribution in [1.29, 1.82) is 0 Å². The van der Waals surface area contributed by atoms with Crippen LogP contribution in [-0.2, 0) is 10.0 Å². The molecule has 0 amide bonds. The molecule has 3 aromatic rings. The molecule has 2 aromatic heterocycles. The molecule has 3 rings (SSSR count). The Bertz CT molecular complexity index is 999. The lowest BCUT2D eigenvalue weighted by Gasteiger charge is -2.11. The van der Waals surface area contributed by atoms with Crippen LogP contribution in [0.4, 0.5) is 5.69 Å². The van der Waals surface area contributed by atoms with Gasteiger partial charge in [-0.05, 0) is 30.3 Å². The van der Waals surface area contributed by atoms with Crippen molar-refractivity contribution >= 4 is 38.9 Å². The normalized spacial score (nSPS) is 11.1. The molecule has 0 atom stereocenters. The number of hydrogen-bond acceptors (Lipinski definition) is 5. The van der Waals surface area contributed by atoms with Crippen molar-refractivity contribution in [3.8, 4) is 11.5 Å². The van der Waals surface area contributed by atoms with Gasteiger partial charge in [-0.15, -0.1) is 0 Å². The van der Waals surface area contributed by atoms with Gasteiger partial charge in [0.1, 0.15) is 16.4 Å². The smallest absolute Gasteiger partial charge is 0.263 e. The number of nitrogens with one attached hydrogen (secondary N) is 1. The maximum absolute atomic E-state index is 12.3. The third-order valence-corrected chi connectivity index (χ3v) is 4.90. The Kier molecular flexibility index (Phi) is 5.08. The summed E-state index contributed by atoms with van der Waals surface area (Å²) in [6.07, 6.45) is 5.72. The Balaban J connectivity index is 1.80. The molecule has 0 aliphatic rings. The van der Waals surface area contributed by atoms with E-state index in [1.54, 1.807) is 12.1 Å². The Hall–Kier alpha value is -2.35. The molecule has 6 nitrogen and oxygen atoms in total. The van der Waals surface area contributed by atoms with Gasteiger partial charge in [0.2, 0.25) is 0 Å². The van der Waals surface area contributed by atoms with E-state index in [-0.39, 0.29) is 9.92 Å². The monoisotopic (exact) mass is 395 g/mol. The minimum absolute atomic E-state index is 0.0523. The number of hydrogen-bond donors (Lipinski definition) is 1. The van der Waals surface area contributed by atoms with Gasteiger partial charge in [-0.3, -0.25) is 14.7 Å². The first kappa shape index (κ1) is 17.5. The molecule has 0 aliphatic carbocycles. The summed E-state index contributed by atoms with van der Waals surface area (Å²) in [5.41, 5.74) is 0.297. The number of halogens is 2. The Labute approximate surface area is 154 Å². The minimum Gasteiger partial charge on any atom is -0.454 e. The van der Waals surface area contributed by atoms with Crippen LogP contribution < -0.4 is 9.46 Å². The van der Waals surface area contributed by atoms with Crippen LogP contribution in [0.2, 0.25) is 10.0 Å². The second-order valence-corrected chi connectivity index (χ2v) is 7.41.